The lowest BCUT2D eigenvalue weighted by atomic mass is 10.0. The number of hydrogen-bond donors (Lipinski definition) is 1. The quantitative estimate of drug-likeness (QED) is 0.646. The Kier molecular flexibility index (Phi) is 3.72. The Bertz CT molecular complexity index is 1400. The van der Waals surface area contributed by atoms with Gasteiger partial charge in [-0.15, -0.1) is 0 Å². The Morgan fingerprint density at radius 2 is 1.97 bits per heavy atom. The Morgan fingerprint density at radius 3 is 2.58 bits per heavy atom. The summed E-state index contributed by atoms with van der Waals surface area (Å²) < 4.78 is 142. The number of nitrogens with one attached hydrogen (secondary N) is 1. The molecule has 5 nitrogen and oxygen atoms in total. The fourth-order valence-corrected chi connectivity index (χ4v) is 2.57. The molecule has 2 amide bonds. The predicted molar refractivity (Wildman–Crippen MR) is 121 cm³/mol. The first-order valence-electron chi connectivity index (χ1n) is 17.2. The number of nitrogens with zero attached hydrogens (tertiary/aromatic N) is 2. The lowest BCUT2D eigenvalue weighted by Gasteiger charge is -2.37. The maximum atomic E-state index is 13.8. The second kappa shape index (κ2) is 11.1. The molecule has 0 radical (unpaired) electrons. The van der Waals surface area contributed by atoms with Crippen molar-refractivity contribution < 1.29 is 34.5 Å². The molecule has 1 fully saturated rings. The van der Waals surface area contributed by atoms with Crippen molar-refractivity contribution in [2.45, 2.75) is 45.8 Å². The molecule has 0 spiro atoms. The summed E-state index contributed by atoms with van der Waals surface area (Å²) in [5.41, 5.74) is -0.667. The number of ether oxygens (including phenoxy) is 1. The molecular formula is C25H34FN3O2. The molecule has 1 saturated heterocycles. The maximum absolute atomic E-state index is 13.8. The summed E-state index contributed by atoms with van der Waals surface area (Å²) in [4.78, 5) is 14.3. The van der Waals surface area contributed by atoms with E-state index < -0.39 is 106 Å². The number of amides is 2. The van der Waals surface area contributed by atoms with E-state index in [9.17, 15) is 9.18 Å². The van der Waals surface area contributed by atoms with Crippen LogP contribution >= 0.6 is 0 Å². The molecule has 2 aromatic rings. The molecule has 0 bridgehead atoms. The van der Waals surface area contributed by atoms with Crippen molar-refractivity contribution >= 4 is 6.03 Å². The van der Waals surface area contributed by atoms with Crippen molar-refractivity contribution in [2.75, 3.05) is 26.5 Å². The number of rotatable bonds is 8. The standard InChI is InChI=1S/C25H34FN3O2/c1-19(2)18-31-24-10-6-20(7-11-24)16-27-25(30)29(23-12-14-28(3)15-13-23)17-21-4-8-22(26)9-5-21/h4-11,19,23H,12-18H2,1-3H3,(H,27,30)/i3D3,6D,7D,10D,11D,14D2,15D2,17D2,18D2. The minimum atomic E-state index is -3.23. The van der Waals surface area contributed by atoms with Crippen molar-refractivity contribution in [1.82, 2.24) is 15.1 Å². The van der Waals surface area contributed by atoms with E-state index in [1.165, 1.54) is 13.8 Å². The Labute approximate surface area is 206 Å². The summed E-state index contributed by atoms with van der Waals surface area (Å²) in [6, 6.07) is -1.93. The highest BCUT2D eigenvalue weighted by atomic mass is 19.1. The largest absolute Gasteiger partial charge is 0.493 e. The summed E-state index contributed by atoms with van der Waals surface area (Å²) in [5.74, 6) is -2.12. The summed E-state index contributed by atoms with van der Waals surface area (Å²) in [6.45, 7) is -12.0. The Balaban J connectivity index is 2.05. The van der Waals surface area contributed by atoms with Crippen LogP contribution in [0.2, 0.25) is 0 Å². The number of carbonyl (C=O) groups is 1. The number of hydrogen-bond acceptors (Lipinski definition) is 3. The number of carbonyl (C=O) groups excluding carboxylic acids is 1. The lowest BCUT2D eigenvalue weighted by molar-refractivity contribution is 0.127. The van der Waals surface area contributed by atoms with E-state index in [-0.39, 0.29) is 16.0 Å². The minimum absolute atomic E-state index is 0.0443. The molecule has 0 aromatic heterocycles. The van der Waals surface area contributed by atoms with Crippen molar-refractivity contribution in [3.63, 3.8) is 0 Å². The summed E-state index contributed by atoms with van der Waals surface area (Å²) >= 11 is 0. The van der Waals surface area contributed by atoms with E-state index in [1.54, 1.807) is 0 Å². The molecule has 1 aliphatic heterocycles. The average molecular weight is 443 g/mol. The van der Waals surface area contributed by atoms with Gasteiger partial charge in [0.2, 0.25) is 0 Å². The molecule has 2 aromatic carbocycles. The molecule has 0 aliphatic carbocycles. The van der Waals surface area contributed by atoms with E-state index in [1.807, 2.05) is 0 Å². The monoisotopic (exact) mass is 442 g/mol. The first-order chi connectivity index (χ1) is 20.8. The van der Waals surface area contributed by atoms with Crippen LogP contribution in [0.25, 0.3) is 0 Å². The fourth-order valence-electron chi connectivity index (χ4n) is 2.57. The second-order valence-electron chi connectivity index (χ2n) is 7.04. The van der Waals surface area contributed by atoms with Gasteiger partial charge in [0.1, 0.15) is 11.6 Å². The van der Waals surface area contributed by atoms with E-state index in [0.29, 0.717) is 4.90 Å². The van der Waals surface area contributed by atoms with Gasteiger partial charge in [0.25, 0.3) is 0 Å². The molecule has 0 atom stereocenters. The van der Waals surface area contributed by atoms with Gasteiger partial charge in [-0.25, -0.2) is 9.18 Å². The maximum Gasteiger partial charge on any atom is 0.318 e. The third-order valence-electron chi connectivity index (χ3n) is 4.11. The fraction of sp³-hybridized carbons (Fsp3) is 0.480. The Morgan fingerprint density at radius 1 is 1.29 bits per heavy atom. The SMILES string of the molecule is [2H]c1c([2H])c(OC([2H])([2H])C(C)C)c([2H])c([2H])c1CNC(=O)N(C1CC([2H])([2H])N(C([2H])([2H])[2H])C([2H])([2H])C1)C([2H])([2H])c1ccc(F)cc1. The van der Waals surface area contributed by atoms with Crippen LogP contribution < -0.4 is 10.1 Å². The van der Waals surface area contributed by atoms with Gasteiger partial charge in [-0.2, -0.15) is 0 Å². The van der Waals surface area contributed by atoms with Crippen LogP contribution in [-0.4, -0.2) is 48.4 Å². The van der Waals surface area contributed by atoms with Crippen molar-refractivity contribution in [2.24, 2.45) is 5.92 Å². The van der Waals surface area contributed by atoms with Crippen molar-refractivity contribution in [3.8, 4) is 5.75 Å². The van der Waals surface area contributed by atoms with Gasteiger partial charge in [0.05, 0.1) is 17.5 Å². The zero-order valence-electron chi connectivity index (χ0n) is 32.2. The first-order valence-corrected chi connectivity index (χ1v) is 9.67. The van der Waals surface area contributed by atoms with Gasteiger partial charge in [-0.3, -0.25) is 0 Å². The number of benzene rings is 2. The van der Waals surface area contributed by atoms with Gasteiger partial charge in [-0.1, -0.05) is 38.1 Å². The molecule has 1 aliphatic rings. The molecular weight excluding hydrogens is 393 g/mol. The van der Waals surface area contributed by atoms with E-state index in [2.05, 4.69) is 5.32 Å². The lowest BCUT2D eigenvalue weighted by Crippen LogP contribution is -2.49. The van der Waals surface area contributed by atoms with Crippen molar-refractivity contribution in [3.05, 3.63) is 65.4 Å². The van der Waals surface area contributed by atoms with Crippen LogP contribution in [0.1, 0.15) is 58.4 Å². The normalized spacial score (nSPS) is 26.8. The van der Waals surface area contributed by atoms with Crippen LogP contribution in [-0.2, 0) is 13.0 Å². The molecule has 31 heavy (non-hydrogen) atoms. The van der Waals surface area contributed by atoms with Crippen LogP contribution in [0.5, 0.6) is 5.75 Å². The number of piperidine rings is 1. The highest BCUT2D eigenvalue weighted by Gasteiger charge is 2.27. The molecule has 3 rings (SSSR count). The third-order valence-corrected chi connectivity index (χ3v) is 4.11. The van der Waals surface area contributed by atoms with Crippen LogP contribution in [0.3, 0.4) is 0 Å². The Hall–Kier alpha value is -2.60. The van der Waals surface area contributed by atoms with Gasteiger partial charge >= 0.3 is 6.03 Å². The molecule has 0 saturated carbocycles. The first kappa shape index (κ1) is 10.3. The van der Waals surface area contributed by atoms with Crippen LogP contribution in [0.4, 0.5) is 9.18 Å². The summed E-state index contributed by atoms with van der Waals surface area (Å²) in [5, 5.41) is 2.28. The zero-order valence-corrected chi connectivity index (χ0v) is 17.2. The van der Waals surface area contributed by atoms with Gasteiger partial charge in [0, 0.05) is 28.7 Å². The van der Waals surface area contributed by atoms with Gasteiger partial charge in [0.15, 0.2) is 0 Å². The zero-order chi connectivity index (χ0) is 35.4. The van der Waals surface area contributed by atoms with E-state index in [0.717, 1.165) is 24.3 Å². The topological polar surface area (TPSA) is 44.8 Å². The average Bonchev–Trinajstić information content (AvgIpc) is 2.87. The van der Waals surface area contributed by atoms with E-state index >= 15 is 0 Å². The number of halogens is 1. The van der Waals surface area contributed by atoms with E-state index in [4.69, 9.17) is 25.3 Å². The molecule has 168 valence electrons. The second-order valence-corrected chi connectivity index (χ2v) is 7.04. The molecule has 1 heterocycles. The minimum Gasteiger partial charge on any atom is -0.493 e. The van der Waals surface area contributed by atoms with Crippen molar-refractivity contribution in [1.29, 1.82) is 0 Å². The highest BCUT2D eigenvalue weighted by molar-refractivity contribution is 5.74. The van der Waals surface area contributed by atoms with Crippen LogP contribution in [0, 0.1) is 11.7 Å². The van der Waals surface area contributed by atoms with Gasteiger partial charge in [-0.05, 0) is 74.1 Å². The smallest absolute Gasteiger partial charge is 0.318 e. The number of likely N-dealkylation sites (tertiary alicyclic amines) is 1. The predicted octanol–water partition coefficient (Wildman–Crippen LogP) is 4.67. The summed E-state index contributed by atoms with van der Waals surface area (Å²) in [7, 11) is 0. The molecule has 6 heteroatoms. The molecule has 1 N–H and O–H groups in total. The van der Waals surface area contributed by atoms with Gasteiger partial charge < -0.3 is 19.9 Å². The molecule has 0 unspecified atom stereocenters. The third kappa shape index (κ3) is 7.24. The van der Waals surface area contributed by atoms with Crippen LogP contribution in [0.15, 0.2) is 48.4 Å². The number of urea groups is 1. The summed E-state index contributed by atoms with van der Waals surface area (Å²) in [6.07, 6.45) is -1.71. The highest BCUT2D eigenvalue weighted by Crippen LogP contribution is 2.19.